The van der Waals surface area contributed by atoms with Gasteiger partial charge in [-0.25, -0.2) is 0 Å². The molecule has 1 aliphatic heterocycles. The van der Waals surface area contributed by atoms with Crippen LogP contribution in [0.1, 0.15) is 25.0 Å². The molecule has 1 aliphatic rings. The number of nitrogens with zero attached hydrogens (tertiary/aromatic N) is 2. The van der Waals surface area contributed by atoms with Crippen LogP contribution in [-0.4, -0.2) is 30.1 Å². The minimum absolute atomic E-state index is 0.294. The molecule has 2 rings (SSSR count). The lowest BCUT2D eigenvalue weighted by Gasteiger charge is -2.23. The van der Waals surface area contributed by atoms with Crippen molar-refractivity contribution in [2.45, 2.75) is 38.5 Å². The fraction of sp³-hybridized carbons (Fsp3) is 0.500. The molecular formula is C14H15F3N2O2. The second kappa shape index (κ2) is 5.54. The molecule has 0 unspecified atom stereocenters. The number of halogens is 3. The third-order valence-corrected chi connectivity index (χ3v) is 3.49. The third kappa shape index (κ3) is 3.12. The van der Waals surface area contributed by atoms with Gasteiger partial charge in [-0.2, -0.15) is 18.4 Å². The monoisotopic (exact) mass is 300 g/mol. The Morgan fingerprint density at radius 1 is 1.48 bits per heavy atom. The minimum Gasteiger partial charge on any atom is -0.391 e. The molecule has 7 heteroatoms. The molecule has 0 spiro atoms. The molecule has 0 aliphatic carbocycles. The average Bonchev–Trinajstić information content (AvgIpc) is 2.79. The summed E-state index contributed by atoms with van der Waals surface area (Å²) in [6, 6.07) is 5.11. The van der Waals surface area contributed by atoms with Crippen LogP contribution in [0.25, 0.3) is 0 Å². The standard InChI is InChI=1S/C14H15F3N2O2/c1-8(20)13-7-19(9(2)21-13)11-4-3-10(6-18)12(5-11)14(15,16)17/h3-5,8-9,13,20H,7H2,1-2H3/t8-,9+,13-/m1/s1. The van der Waals surface area contributed by atoms with Crippen molar-refractivity contribution in [1.29, 1.82) is 5.26 Å². The van der Waals surface area contributed by atoms with Crippen molar-refractivity contribution in [3.63, 3.8) is 0 Å². The van der Waals surface area contributed by atoms with Gasteiger partial charge in [0.05, 0.1) is 23.3 Å². The first-order chi connectivity index (χ1) is 9.74. The van der Waals surface area contributed by atoms with Crippen LogP contribution in [-0.2, 0) is 10.9 Å². The summed E-state index contributed by atoms with van der Waals surface area (Å²) in [5, 5.41) is 18.3. The molecule has 0 amide bonds. The van der Waals surface area contributed by atoms with Crippen LogP contribution in [0.15, 0.2) is 18.2 Å². The molecule has 0 bridgehead atoms. The lowest BCUT2D eigenvalue weighted by Crippen LogP contribution is -2.30. The Labute approximate surface area is 120 Å². The van der Waals surface area contributed by atoms with Crippen molar-refractivity contribution < 1.29 is 23.0 Å². The molecule has 3 atom stereocenters. The number of hydrogen-bond donors (Lipinski definition) is 1. The van der Waals surface area contributed by atoms with Gasteiger partial charge in [-0.15, -0.1) is 0 Å². The van der Waals surface area contributed by atoms with Crippen molar-refractivity contribution in [3.05, 3.63) is 29.3 Å². The van der Waals surface area contributed by atoms with Gasteiger partial charge < -0.3 is 14.7 Å². The maximum absolute atomic E-state index is 13.0. The summed E-state index contributed by atoms with van der Waals surface area (Å²) in [4.78, 5) is 1.63. The quantitative estimate of drug-likeness (QED) is 0.912. The van der Waals surface area contributed by atoms with Crippen LogP contribution < -0.4 is 4.90 Å². The maximum atomic E-state index is 13.0. The number of aliphatic hydroxyl groups excluding tert-OH is 1. The van der Waals surface area contributed by atoms with Gasteiger partial charge in [0, 0.05) is 12.2 Å². The Bertz CT molecular complexity index is 566. The summed E-state index contributed by atoms with van der Waals surface area (Å²) in [5.41, 5.74) is -1.06. The van der Waals surface area contributed by atoms with Crippen LogP contribution in [0, 0.1) is 11.3 Å². The summed E-state index contributed by atoms with van der Waals surface area (Å²) in [5.74, 6) is 0. The third-order valence-electron chi connectivity index (χ3n) is 3.49. The highest BCUT2D eigenvalue weighted by molar-refractivity contribution is 5.55. The van der Waals surface area contributed by atoms with Crippen molar-refractivity contribution in [2.75, 3.05) is 11.4 Å². The van der Waals surface area contributed by atoms with Crippen molar-refractivity contribution in [1.82, 2.24) is 0 Å². The van der Waals surface area contributed by atoms with Gasteiger partial charge >= 0.3 is 6.18 Å². The predicted molar refractivity (Wildman–Crippen MR) is 69.5 cm³/mol. The van der Waals surface area contributed by atoms with E-state index < -0.39 is 35.7 Å². The summed E-state index contributed by atoms with van der Waals surface area (Å²) < 4.78 is 44.4. The van der Waals surface area contributed by atoms with E-state index in [2.05, 4.69) is 0 Å². The first-order valence-electron chi connectivity index (χ1n) is 6.45. The highest BCUT2D eigenvalue weighted by Crippen LogP contribution is 2.36. The topological polar surface area (TPSA) is 56.5 Å². The number of anilines is 1. The Hall–Kier alpha value is -1.78. The van der Waals surface area contributed by atoms with E-state index in [1.54, 1.807) is 24.8 Å². The van der Waals surface area contributed by atoms with Gasteiger partial charge in [0.15, 0.2) is 0 Å². The fourth-order valence-corrected chi connectivity index (χ4v) is 2.34. The largest absolute Gasteiger partial charge is 0.417 e. The summed E-state index contributed by atoms with van der Waals surface area (Å²) in [6.07, 6.45) is -6.20. The Morgan fingerprint density at radius 2 is 2.14 bits per heavy atom. The molecule has 0 saturated carbocycles. The first-order valence-corrected chi connectivity index (χ1v) is 6.45. The maximum Gasteiger partial charge on any atom is 0.417 e. The second-order valence-electron chi connectivity index (χ2n) is 5.01. The van der Waals surface area contributed by atoms with Crippen LogP contribution in [0.4, 0.5) is 18.9 Å². The van der Waals surface area contributed by atoms with E-state index in [9.17, 15) is 18.3 Å². The minimum atomic E-state index is -4.59. The number of benzene rings is 1. The molecule has 1 saturated heterocycles. The van der Waals surface area contributed by atoms with Crippen LogP contribution in [0.2, 0.25) is 0 Å². The van der Waals surface area contributed by atoms with E-state index in [1.165, 1.54) is 6.07 Å². The van der Waals surface area contributed by atoms with E-state index >= 15 is 0 Å². The molecule has 1 N–H and O–H groups in total. The summed E-state index contributed by atoms with van der Waals surface area (Å²) in [6.45, 7) is 3.57. The molecule has 1 fully saturated rings. The molecule has 1 heterocycles. The first kappa shape index (κ1) is 15.6. The van der Waals surface area contributed by atoms with Gasteiger partial charge in [-0.1, -0.05) is 0 Å². The zero-order valence-electron chi connectivity index (χ0n) is 11.6. The summed E-state index contributed by atoms with van der Waals surface area (Å²) in [7, 11) is 0. The highest BCUT2D eigenvalue weighted by atomic mass is 19.4. The SMILES string of the molecule is C[C@@H]1O[C@@H]([C@@H](C)O)CN1c1ccc(C#N)c(C(F)(F)F)c1. The molecule has 114 valence electrons. The molecule has 0 radical (unpaired) electrons. The molecule has 1 aromatic carbocycles. The number of hydrogen-bond acceptors (Lipinski definition) is 4. The summed E-state index contributed by atoms with van der Waals surface area (Å²) >= 11 is 0. The van der Waals surface area contributed by atoms with E-state index in [0.29, 0.717) is 12.2 Å². The lowest BCUT2D eigenvalue weighted by atomic mass is 10.1. The number of alkyl halides is 3. The normalized spacial score (nSPS) is 24.0. The zero-order chi connectivity index (χ0) is 15.8. The molecule has 0 aromatic heterocycles. The van der Waals surface area contributed by atoms with Crippen molar-refractivity contribution in [2.24, 2.45) is 0 Å². The van der Waals surface area contributed by atoms with E-state index in [4.69, 9.17) is 10.00 Å². The van der Waals surface area contributed by atoms with Crippen LogP contribution in [0.3, 0.4) is 0 Å². The van der Waals surface area contributed by atoms with Gasteiger partial charge in [0.1, 0.15) is 12.3 Å². The number of nitriles is 1. The zero-order valence-corrected chi connectivity index (χ0v) is 11.6. The highest BCUT2D eigenvalue weighted by Gasteiger charge is 2.37. The number of rotatable bonds is 2. The van der Waals surface area contributed by atoms with Gasteiger partial charge in [-0.3, -0.25) is 0 Å². The Morgan fingerprint density at radius 3 is 2.62 bits per heavy atom. The van der Waals surface area contributed by atoms with E-state index in [1.807, 2.05) is 0 Å². The molecule has 4 nitrogen and oxygen atoms in total. The predicted octanol–water partition coefficient (Wildman–Crippen LogP) is 2.51. The average molecular weight is 300 g/mol. The number of ether oxygens (including phenoxy) is 1. The van der Waals surface area contributed by atoms with Gasteiger partial charge in [-0.05, 0) is 32.0 Å². The fourth-order valence-electron chi connectivity index (χ4n) is 2.34. The van der Waals surface area contributed by atoms with E-state index in [0.717, 1.165) is 12.1 Å². The Kier molecular flexibility index (Phi) is 4.12. The molecular weight excluding hydrogens is 285 g/mol. The molecule has 1 aromatic rings. The Balaban J connectivity index is 2.36. The van der Waals surface area contributed by atoms with Gasteiger partial charge in [0.25, 0.3) is 0 Å². The second-order valence-corrected chi connectivity index (χ2v) is 5.01. The number of aliphatic hydroxyl groups is 1. The van der Waals surface area contributed by atoms with Crippen molar-refractivity contribution >= 4 is 5.69 Å². The van der Waals surface area contributed by atoms with Gasteiger partial charge in [0.2, 0.25) is 0 Å². The van der Waals surface area contributed by atoms with Crippen LogP contribution >= 0.6 is 0 Å². The van der Waals surface area contributed by atoms with Crippen molar-refractivity contribution in [3.8, 4) is 6.07 Å². The van der Waals surface area contributed by atoms with Crippen LogP contribution in [0.5, 0.6) is 0 Å². The smallest absolute Gasteiger partial charge is 0.391 e. The van der Waals surface area contributed by atoms with E-state index in [-0.39, 0.29) is 0 Å². The molecule has 21 heavy (non-hydrogen) atoms. The lowest BCUT2D eigenvalue weighted by molar-refractivity contribution is -0.137.